The van der Waals surface area contributed by atoms with Gasteiger partial charge in [0, 0.05) is 23.8 Å². The Morgan fingerprint density at radius 2 is 1.39 bits per heavy atom. The van der Waals surface area contributed by atoms with Gasteiger partial charge in [0.2, 0.25) is 0 Å². The lowest BCUT2D eigenvalue weighted by atomic mass is 10.0. The molecule has 0 bridgehead atoms. The van der Waals surface area contributed by atoms with Gasteiger partial charge in [-0.1, -0.05) is 25.3 Å². The van der Waals surface area contributed by atoms with Gasteiger partial charge in [0.25, 0.3) is 0 Å². The molecule has 6 heteroatoms. The Labute approximate surface area is 163 Å². The van der Waals surface area contributed by atoms with E-state index in [0.29, 0.717) is 22.4 Å². The summed E-state index contributed by atoms with van der Waals surface area (Å²) in [5.41, 5.74) is 2.30. The quantitative estimate of drug-likeness (QED) is 0.397. The molecular weight excluding hydrogens is 363 g/mol. The van der Waals surface area contributed by atoms with Crippen LogP contribution in [0.2, 0.25) is 0 Å². The maximum atomic E-state index is 14.3. The van der Waals surface area contributed by atoms with Crippen LogP contribution in [0.5, 0.6) is 11.5 Å². The number of ether oxygens (including phenoxy) is 3. The van der Waals surface area contributed by atoms with Crippen molar-refractivity contribution in [3.8, 4) is 22.6 Å². The normalized spacial score (nSPS) is 10.3. The van der Waals surface area contributed by atoms with E-state index in [-0.39, 0.29) is 23.5 Å². The zero-order valence-electron chi connectivity index (χ0n) is 16.0. The van der Waals surface area contributed by atoms with Crippen LogP contribution in [0.4, 0.5) is 4.39 Å². The van der Waals surface area contributed by atoms with Crippen molar-refractivity contribution < 1.29 is 28.2 Å². The summed E-state index contributed by atoms with van der Waals surface area (Å²) < 4.78 is 29.7. The van der Waals surface area contributed by atoms with Crippen molar-refractivity contribution in [3.63, 3.8) is 0 Å². The van der Waals surface area contributed by atoms with Crippen LogP contribution in [0.15, 0.2) is 60.7 Å². The van der Waals surface area contributed by atoms with Crippen LogP contribution in [-0.4, -0.2) is 19.0 Å². The second kappa shape index (κ2) is 9.10. The van der Waals surface area contributed by atoms with Crippen LogP contribution >= 0.6 is 0 Å². The van der Waals surface area contributed by atoms with Gasteiger partial charge in [-0.2, -0.15) is 0 Å². The molecule has 0 aromatic heterocycles. The van der Waals surface area contributed by atoms with E-state index < -0.39 is 17.8 Å². The van der Waals surface area contributed by atoms with E-state index in [9.17, 15) is 14.0 Å². The molecule has 0 atom stereocenters. The minimum absolute atomic E-state index is 0.174. The molecular formula is C22H21FO5. The van der Waals surface area contributed by atoms with E-state index in [1.54, 1.807) is 31.2 Å². The number of hydrogen-bond acceptors (Lipinski definition) is 5. The molecule has 0 aliphatic carbocycles. The molecule has 0 heterocycles. The van der Waals surface area contributed by atoms with Crippen molar-refractivity contribution in [1.82, 2.24) is 0 Å². The second-order valence-electron chi connectivity index (χ2n) is 6.24. The van der Waals surface area contributed by atoms with Crippen molar-refractivity contribution in [2.45, 2.75) is 20.5 Å². The van der Waals surface area contributed by atoms with Crippen LogP contribution in [0.25, 0.3) is 11.1 Å². The molecule has 2 aromatic carbocycles. The van der Waals surface area contributed by atoms with Crippen LogP contribution in [0.1, 0.15) is 19.4 Å². The minimum Gasteiger partial charge on any atom is -0.423 e. The Bertz CT molecular complexity index is 946. The molecule has 0 aliphatic rings. The number of halogens is 1. The predicted molar refractivity (Wildman–Crippen MR) is 103 cm³/mol. The summed E-state index contributed by atoms with van der Waals surface area (Å²) in [6.45, 7) is 10.2. The van der Waals surface area contributed by atoms with Crippen molar-refractivity contribution in [2.75, 3.05) is 7.11 Å². The van der Waals surface area contributed by atoms with Gasteiger partial charge < -0.3 is 14.2 Å². The maximum Gasteiger partial charge on any atom is 0.338 e. The van der Waals surface area contributed by atoms with E-state index in [2.05, 4.69) is 13.2 Å². The largest absolute Gasteiger partial charge is 0.423 e. The first-order valence-electron chi connectivity index (χ1n) is 8.40. The molecule has 0 fully saturated rings. The fourth-order valence-electron chi connectivity index (χ4n) is 2.26. The molecule has 0 radical (unpaired) electrons. The van der Waals surface area contributed by atoms with Gasteiger partial charge in [-0.3, -0.25) is 0 Å². The second-order valence-corrected chi connectivity index (χ2v) is 6.24. The Morgan fingerprint density at radius 1 is 0.893 bits per heavy atom. The third-order valence-corrected chi connectivity index (χ3v) is 3.73. The highest BCUT2D eigenvalue weighted by Gasteiger charge is 2.14. The lowest BCUT2D eigenvalue weighted by Gasteiger charge is -2.12. The Balaban J connectivity index is 2.34. The fourth-order valence-corrected chi connectivity index (χ4v) is 2.26. The number of methoxy groups -OCH3 is 1. The molecule has 2 rings (SSSR count). The molecule has 0 saturated carbocycles. The average Bonchev–Trinajstić information content (AvgIpc) is 2.64. The maximum absolute atomic E-state index is 14.3. The summed E-state index contributed by atoms with van der Waals surface area (Å²) in [6.07, 6.45) is 0. The minimum atomic E-state index is -0.697. The van der Waals surface area contributed by atoms with E-state index in [1.807, 2.05) is 0 Å². The topological polar surface area (TPSA) is 61.8 Å². The highest BCUT2D eigenvalue weighted by Crippen LogP contribution is 2.30. The van der Waals surface area contributed by atoms with Crippen LogP contribution in [-0.2, 0) is 20.9 Å². The fraction of sp³-hybridized carbons (Fsp3) is 0.182. The van der Waals surface area contributed by atoms with Crippen molar-refractivity contribution in [2.24, 2.45) is 0 Å². The van der Waals surface area contributed by atoms with Gasteiger partial charge in [-0.15, -0.1) is 0 Å². The van der Waals surface area contributed by atoms with Crippen molar-refractivity contribution in [3.05, 3.63) is 72.1 Å². The Kier molecular flexibility index (Phi) is 6.84. The highest BCUT2D eigenvalue weighted by atomic mass is 19.1. The van der Waals surface area contributed by atoms with Gasteiger partial charge in [0.1, 0.15) is 5.75 Å². The van der Waals surface area contributed by atoms with Gasteiger partial charge in [-0.25, -0.2) is 14.0 Å². The third-order valence-electron chi connectivity index (χ3n) is 3.73. The number of carbonyl (C=O) groups excluding carboxylic acids is 2. The Morgan fingerprint density at radius 3 is 1.89 bits per heavy atom. The average molecular weight is 384 g/mol. The zero-order chi connectivity index (χ0) is 20.8. The smallest absolute Gasteiger partial charge is 0.338 e. The molecule has 28 heavy (non-hydrogen) atoms. The van der Waals surface area contributed by atoms with E-state index in [4.69, 9.17) is 14.2 Å². The standard InChI is InChI=1S/C22H21FO5/c1-13(2)21(24)27-19-8-6-15(10-17(19)12-26-5)16-7-9-20(18(23)11-16)28-22(25)14(3)4/h6-11H,1,3,12H2,2,4-5H3. The van der Waals surface area contributed by atoms with Gasteiger partial charge in [-0.05, 0) is 49.2 Å². The molecule has 0 saturated heterocycles. The summed E-state index contributed by atoms with van der Waals surface area (Å²) in [5, 5.41) is 0. The number of benzene rings is 2. The number of hydrogen-bond donors (Lipinski definition) is 0. The van der Waals surface area contributed by atoms with Crippen molar-refractivity contribution in [1.29, 1.82) is 0 Å². The third kappa shape index (κ3) is 5.14. The van der Waals surface area contributed by atoms with E-state index in [0.717, 1.165) is 0 Å². The number of rotatable bonds is 7. The first-order valence-corrected chi connectivity index (χ1v) is 8.40. The summed E-state index contributed by atoms with van der Waals surface area (Å²) >= 11 is 0. The summed E-state index contributed by atoms with van der Waals surface area (Å²) in [6, 6.07) is 9.28. The lowest BCUT2D eigenvalue weighted by Crippen LogP contribution is -2.10. The van der Waals surface area contributed by atoms with Crippen molar-refractivity contribution >= 4 is 11.9 Å². The van der Waals surface area contributed by atoms with Gasteiger partial charge in [0.15, 0.2) is 11.6 Å². The molecule has 0 N–H and O–H groups in total. The molecule has 0 spiro atoms. The molecule has 0 amide bonds. The van der Waals surface area contributed by atoms with Crippen LogP contribution in [0.3, 0.4) is 0 Å². The van der Waals surface area contributed by atoms with Crippen LogP contribution in [0, 0.1) is 5.82 Å². The van der Waals surface area contributed by atoms with Gasteiger partial charge >= 0.3 is 11.9 Å². The molecule has 0 aliphatic heterocycles. The Hall–Kier alpha value is -3.25. The van der Waals surface area contributed by atoms with E-state index >= 15 is 0 Å². The molecule has 0 unspecified atom stereocenters. The highest BCUT2D eigenvalue weighted by molar-refractivity contribution is 5.89. The molecule has 5 nitrogen and oxygen atoms in total. The first-order chi connectivity index (χ1) is 13.2. The summed E-state index contributed by atoms with van der Waals surface area (Å²) in [4.78, 5) is 23.3. The van der Waals surface area contributed by atoms with Gasteiger partial charge in [0.05, 0.1) is 6.61 Å². The summed E-state index contributed by atoms with van der Waals surface area (Å²) in [5.74, 6) is -1.76. The number of carbonyl (C=O) groups is 2. The van der Waals surface area contributed by atoms with E-state index in [1.165, 1.54) is 26.2 Å². The summed E-state index contributed by atoms with van der Waals surface area (Å²) in [7, 11) is 1.52. The predicted octanol–water partition coefficient (Wildman–Crippen LogP) is 4.60. The SMILES string of the molecule is C=C(C)C(=O)Oc1ccc(-c2ccc(OC(=O)C(=C)C)c(COC)c2)cc1F. The number of esters is 2. The lowest BCUT2D eigenvalue weighted by molar-refractivity contribution is -0.131. The zero-order valence-corrected chi connectivity index (χ0v) is 16.0. The first kappa shape index (κ1) is 21.1. The van der Waals surface area contributed by atoms with Crippen LogP contribution < -0.4 is 9.47 Å². The molecule has 146 valence electrons. The monoisotopic (exact) mass is 384 g/mol. The molecule has 2 aromatic rings.